The SMILES string of the molecule is Cn1cc(-c2ccc(-c3cc4nccn4c(-c4cnn(COCC[Si](C)(C)C)c4)n3)cc2)cn1. The molecule has 0 fully saturated rings. The molecule has 0 spiro atoms. The monoisotopic (exact) mass is 471 g/mol. The number of fused-ring (bicyclic) bond motifs is 1. The Morgan fingerprint density at radius 2 is 1.68 bits per heavy atom. The van der Waals surface area contributed by atoms with E-state index in [1.54, 1.807) is 10.9 Å². The third kappa shape index (κ3) is 4.85. The van der Waals surface area contributed by atoms with Crippen molar-refractivity contribution in [2.75, 3.05) is 6.61 Å². The molecule has 0 radical (unpaired) electrons. The first-order valence-corrected chi connectivity index (χ1v) is 15.1. The molecule has 0 N–H and O–H groups in total. The zero-order valence-corrected chi connectivity index (χ0v) is 21.0. The molecular weight excluding hydrogens is 442 g/mol. The van der Waals surface area contributed by atoms with Crippen LogP contribution in [0.2, 0.25) is 25.7 Å². The van der Waals surface area contributed by atoms with Crippen LogP contribution in [0.5, 0.6) is 0 Å². The first-order chi connectivity index (χ1) is 16.4. The van der Waals surface area contributed by atoms with Crippen molar-refractivity contribution in [3.63, 3.8) is 0 Å². The molecule has 0 aliphatic rings. The first kappa shape index (κ1) is 22.2. The van der Waals surface area contributed by atoms with Crippen molar-refractivity contribution in [2.24, 2.45) is 7.05 Å². The predicted octanol–water partition coefficient (Wildman–Crippen LogP) is 4.97. The summed E-state index contributed by atoms with van der Waals surface area (Å²) in [5.41, 5.74) is 5.87. The fourth-order valence-electron chi connectivity index (χ4n) is 3.76. The van der Waals surface area contributed by atoms with E-state index in [-0.39, 0.29) is 0 Å². The second-order valence-electron chi connectivity index (χ2n) is 9.72. The van der Waals surface area contributed by atoms with Gasteiger partial charge in [0.2, 0.25) is 0 Å². The molecule has 0 unspecified atom stereocenters. The van der Waals surface area contributed by atoms with Crippen molar-refractivity contribution >= 4 is 13.7 Å². The van der Waals surface area contributed by atoms with E-state index in [4.69, 9.17) is 9.72 Å². The minimum absolute atomic E-state index is 0.438. The lowest BCUT2D eigenvalue weighted by molar-refractivity contribution is 0.0786. The largest absolute Gasteiger partial charge is 0.360 e. The van der Waals surface area contributed by atoms with Crippen molar-refractivity contribution in [1.29, 1.82) is 0 Å². The Labute approximate surface area is 199 Å². The minimum Gasteiger partial charge on any atom is -0.360 e. The smallest absolute Gasteiger partial charge is 0.149 e. The molecule has 34 heavy (non-hydrogen) atoms. The Hall–Kier alpha value is -3.56. The van der Waals surface area contributed by atoms with Gasteiger partial charge in [0.1, 0.15) is 18.2 Å². The van der Waals surface area contributed by atoms with Crippen LogP contribution in [0.25, 0.3) is 39.4 Å². The molecule has 8 nitrogen and oxygen atoms in total. The topological polar surface area (TPSA) is 75.1 Å². The maximum Gasteiger partial charge on any atom is 0.149 e. The second-order valence-corrected chi connectivity index (χ2v) is 15.3. The zero-order valence-electron chi connectivity index (χ0n) is 20.0. The summed E-state index contributed by atoms with van der Waals surface area (Å²) in [6.07, 6.45) is 11.4. The number of rotatable bonds is 8. The number of hydrogen-bond acceptors (Lipinski definition) is 5. The van der Waals surface area contributed by atoms with E-state index in [9.17, 15) is 0 Å². The summed E-state index contributed by atoms with van der Waals surface area (Å²) in [7, 11) is 0.816. The van der Waals surface area contributed by atoms with Crippen molar-refractivity contribution in [2.45, 2.75) is 32.4 Å². The zero-order chi connectivity index (χ0) is 23.7. The second kappa shape index (κ2) is 9.00. The van der Waals surface area contributed by atoms with Gasteiger partial charge in [-0.2, -0.15) is 10.2 Å². The van der Waals surface area contributed by atoms with Gasteiger partial charge in [-0.1, -0.05) is 43.9 Å². The summed E-state index contributed by atoms with van der Waals surface area (Å²) in [6, 6.07) is 11.5. The van der Waals surface area contributed by atoms with Gasteiger partial charge in [0.05, 0.1) is 23.7 Å². The van der Waals surface area contributed by atoms with Crippen molar-refractivity contribution in [1.82, 2.24) is 33.9 Å². The molecule has 4 heterocycles. The molecule has 0 bridgehead atoms. The van der Waals surface area contributed by atoms with Gasteiger partial charge >= 0.3 is 0 Å². The van der Waals surface area contributed by atoms with Crippen molar-refractivity contribution in [3.05, 3.63) is 67.5 Å². The third-order valence-corrected chi connectivity index (χ3v) is 7.42. The number of nitrogens with zero attached hydrogens (tertiary/aromatic N) is 7. The number of aromatic nitrogens is 7. The highest BCUT2D eigenvalue weighted by atomic mass is 28.3. The molecule has 5 rings (SSSR count). The fourth-order valence-corrected chi connectivity index (χ4v) is 4.52. The number of ether oxygens (including phenoxy) is 1. The third-order valence-electron chi connectivity index (χ3n) is 5.72. The number of aryl methyl sites for hydroxylation is 1. The highest BCUT2D eigenvalue weighted by Gasteiger charge is 2.14. The first-order valence-electron chi connectivity index (χ1n) is 11.4. The van der Waals surface area contributed by atoms with Crippen LogP contribution < -0.4 is 0 Å². The van der Waals surface area contributed by atoms with Gasteiger partial charge in [0, 0.05) is 63.7 Å². The van der Waals surface area contributed by atoms with Gasteiger partial charge in [-0.15, -0.1) is 0 Å². The highest BCUT2D eigenvalue weighted by Crippen LogP contribution is 2.27. The van der Waals surface area contributed by atoms with E-state index < -0.39 is 8.07 Å². The number of imidazole rings is 1. The van der Waals surface area contributed by atoms with E-state index in [1.165, 1.54) is 0 Å². The quantitative estimate of drug-likeness (QED) is 0.236. The average Bonchev–Trinajstić information content (AvgIpc) is 3.56. The Kier molecular flexibility index (Phi) is 5.89. The Morgan fingerprint density at radius 3 is 2.41 bits per heavy atom. The molecule has 0 aliphatic carbocycles. The van der Waals surface area contributed by atoms with Crippen LogP contribution in [0.3, 0.4) is 0 Å². The van der Waals surface area contributed by atoms with Crippen molar-refractivity contribution in [3.8, 4) is 33.8 Å². The summed E-state index contributed by atoms with van der Waals surface area (Å²) >= 11 is 0. The molecule has 174 valence electrons. The van der Waals surface area contributed by atoms with Crippen LogP contribution in [0.4, 0.5) is 0 Å². The summed E-state index contributed by atoms with van der Waals surface area (Å²) in [5, 5.41) is 8.75. The Bertz CT molecular complexity index is 1410. The van der Waals surface area contributed by atoms with E-state index in [1.807, 2.05) is 53.2 Å². The molecule has 0 saturated carbocycles. The lowest BCUT2D eigenvalue weighted by atomic mass is 10.1. The Morgan fingerprint density at radius 1 is 0.912 bits per heavy atom. The van der Waals surface area contributed by atoms with Gasteiger partial charge < -0.3 is 4.74 Å². The summed E-state index contributed by atoms with van der Waals surface area (Å²) in [4.78, 5) is 9.49. The van der Waals surface area contributed by atoms with E-state index in [0.717, 1.165) is 52.1 Å². The van der Waals surface area contributed by atoms with Crippen LogP contribution in [0.1, 0.15) is 0 Å². The average molecular weight is 472 g/mol. The molecule has 0 amide bonds. The minimum atomic E-state index is -1.11. The predicted molar refractivity (Wildman–Crippen MR) is 136 cm³/mol. The van der Waals surface area contributed by atoms with Crippen LogP contribution in [0.15, 0.2) is 67.5 Å². The highest BCUT2D eigenvalue weighted by molar-refractivity contribution is 6.76. The number of hydrogen-bond donors (Lipinski definition) is 0. The lowest BCUT2D eigenvalue weighted by Gasteiger charge is -2.15. The maximum absolute atomic E-state index is 5.85. The Balaban J connectivity index is 1.40. The molecular formula is C25H29N7OSi. The van der Waals surface area contributed by atoms with Crippen LogP contribution in [-0.4, -0.2) is 48.6 Å². The van der Waals surface area contributed by atoms with Crippen molar-refractivity contribution < 1.29 is 4.74 Å². The van der Waals surface area contributed by atoms with Gasteiger partial charge in [-0.25, -0.2) is 14.6 Å². The molecule has 0 atom stereocenters. The lowest BCUT2D eigenvalue weighted by Crippen LogP contribution is -2.22. The normalized spacial score (nSPS) is 12.0. The molecule has 9 heteroatoms. The van der Waals surface area contributed by atoms with Gasteiger partial charge in [0.25, 0.3) is 0 Å². The van der Waals surface area contributed by atoms with E-state index in [0.29, 0.717) is 6.73 Å². The van der Waals surface area contributed by atoms with E-state index >= 15 is 0 Å². The molecule has 1 aromatic carbocycles. The van der Waals surface area contributed by atoms with Gasteiger partial charge in [0.15, 0.2) is 0 Å². The molecule has 5 aromatic rings. The van der Waals surface area contributed by atoms with Crippen LogP contribution in [0, 0.1) is 0 Å². The van der Waals surface area contributed by atoms with E-state index in [2.05, 4.69) is 59.1 Å². The maximum atomic E-state index is 5.85. The van der Waals surface area contributed by atoms with Gasteiger partial charge in [-0.3, -0.25) is 9.08 Å². The summed E-state index contributed by atoms with van der Waals surface area (Å²) in [6.45, 7) is 8.25. The summed E-state index contributed by atoms with van der Waals surface area (Å²) < 4.78 is 11.5. The summed E-state index contributed by atoms with van der Waals surface area (Å²) in [5.74, 6) is 0.801. The molecule has 4 aromatic heterocycles. The molecule has 0 saturated heterocycles. The molecule has 0 aliphatic heterocycles. The van der Waals surface area contributed by atoms with Crippen LogP contribution >= 0.6 is 0 Å². The van der Waals surface area contributed by atoms with Gasteiger partial charge in [-0.05, 0) is 11.6 Å². The fraction of sp³-hybridized carbons (Fsp3) is 0.280. The van der Waals surface area contributed by atoms with Crippen LogP contribution in [-0.2, 0) is 18.5 Å². The standard InChI is InChI=1S/C25H29N7OSi/c1-30-16-21(14-27-30)19-5-7-20(8-6-19)23-13-24-26-9-10-32(24)25(29-23)22-15-28-31(17-22)18-33-11-12-34(2,3)4/h5-10,13-17H,11-12,18H2,1-4H3. The number of benzene rings is 1.